The largest absolute Gasteiger partial charge is 0.497 e. The third-order valence-corrected chi connectivity index (χ3v) is 7.23. The van der Waals surface area contributed by atoms with Crippen molar-refractivity contribution in [3.8, 4) is 5.75 Å². The SMILES string of the molecule is COc1ccc(CCNC(=O)C(=O)NC[C@H]2OCCCN2S(=O)(=O)c2ccc(Cl)cc2)cc1. The summed E-state index contributed by atoms with van der Waals surface area (Å²) in [4.78, 5) is 24.4. The van der Waals surface area contributed by atoms with Crippen LogP contribution in [0.1, 0.15) is 12.0 Å². The number of nitrogens with one attached hydrogen (secondary N) is 2. The summed E-state index contributed by atoms with van der Waals surface area (Å²) in [7, 11) is -2.28. The summed E-state index contributed by atoms with van der Waals surface area (Å²) in [5, 5.41) is 5.43. The van der Waals surface area contributed by atoms with Gasteiger partial charge in [0.05, 0.1) is 25.2 Å². The van der Waals surface area contributed by atoms with Gasteiger partial charge in [0.2, 0.25) is 10.0 Å². The van der Waals surface area contributed by atoms with E-state index in [9.17, 15) is 18.0 Å². The topological polar surface area (TPSA) is 114 Å². The molecule has 0 unspecified atom stereocenters. The van der Waals surface area contributed by atoms with Crippen molar-refractivity contribution < 1.29 is 27.5 Å². The lowest BCUT2D eigenvalue weighted by Gasteiger charge is -2.34. The number of hydrogen-bond acceptors (Lipinski definition) is 6. The Morgan fingerprint density at radius 2 is 1.76 bits per heavy atom. The number of sulfonamides is 1. The first-order valence-corrected chi connectivity index (χ1v) is 12.2. The van der Waals surface area contributed by atoms with E-state index in [4.69, 9.17) is 21.1 Å². The van der Waals surface area contributed by atoms with E-state index in [0.717, 1.165) is 11.3 Å². The van der Waals surface area contributed by atoms with Crippen molar-refractivity contribution in [3.63, 3.8) is 0 Å². The molecule has 0 saturated carbocycles. The van der Waals surface area contributed by atoms with Gasteiger partial charge in [0.1, 0.15) is 12.0 Å². The number of carbonyl (C=O) groups excluding carboxylic acids is 2. The van der Waals surface area contributed by atoms with Gasteiger partial charge in [0.15, 0.2) is 0 Å². The molecule has 3 rings (SSSR count). The Bertz CT molecular complexity index is 1060. The molecule has 0 bridgehead atoms. The molecule has 2 N–H and O–H groups in total. The highest BCUT2D eigenvalue weighted by Gasteiger charge is 2.34. The van der Waals surface area contributed by atoms with Gasteiger partial charge in [-0.2, -0.15) is 4.31 Å². The zero-order valence-corrected chi connectivity index (χ0v) is 19.7. The normalized spacial score (nSPS) is 16.7. The summed E-state index contributed by atoms with van der Waals surface area (Å²) in [5.74, 6) is -0.923. The molecule has 2 aromatic carbocycles. The maximum absolute atomic E-state index is 13.0. The van der Waals surface area contributed by atoms with Gasteiger partial charge in [0.25, 0.3) is 0 Å². The first-order valence-electron chi connectivity index (χ1n) is 10.4. The molecule has 178 valence electrons. The number of methoxy groups -OCH3 is 1. The minimum absolute atomic E-state index is 0.0741. The lowest BCUT2D eigenvalue weighted by molar-refractivity contribution is -0.140. The quantitative estimate of drug-likeness (QED) is 0.537. The molecule has 0 aromatic heterocycles. The maximum Gasteiger partial charge on any atom is 0.309 e. The van der Waals surface area contributed by atoms with Gasteiger partial charge >= 0.3 is 11.8 Å². The number of benzene rings is 2. The van der Waals surface area contributed by atoms with Crippen molar-refractivity contribution in [2.24, 2.45) is 0 Å². The molecular formula is C22H26ClN3O6S. The third-order valence-electron chi connectivity index (χ3n) is 5.08. The molecule has 0 spiro atoms. The van der Waals surface area contributed by atoms with Gasteiger partial charge in [0, 0.05) is 18.1 Å². The van der Waals surface area contributed by atoms with Crippen LogP contribution < -0.4 is 15.4 Å². The molecule has 0 radical (unpaired) electrons. The molecule has 9 nitrogen and oxygen atoms in total. The van der Waals surface area contributed by atoms with E-state index in [1.54, 1.807) is 7.11 Å². The van der Waals surface area contributed by atoms with Gasteiger partial charge in [-0.3, -0.25) is 9.59 Å². The third kappa shape index (κ3) is 6.67. The Morgan fingerprint density at radius 1 is 1.09 bits per heavy atom. The number of halogens is 1. The van der Waals surface area contributed by atoms with Gasteiger partial charge in [-0.05, 0) is 54.8 Å². The number of rotatable bonds is 8. The minimum atomic E-state index is -3.86. The van der Waals surface area contributed by atoms with Crippen LogP contribution >= 0.6 is 11.6 Å². The van der Waals surface area contributed by atoms with Crippen molar-refractivity contribution in [1.29, 1.82) is 0 Å². The zero-order valence-electron chi connectivity index (χ0n) is 18.1. The summed E-state index contributed by atoms with van der Waals surface area (Å²) >= 11 is 5.85. The van der Waals surface area contributed by atoms with E-state index >= 15 is 0 Å². The van der Waals surface area contributed by atoms with E-state index in [1.807, 2.05) is 24.3 Å². The van der Waals surface area contributed by atoms with E-state index in [2.05, 4.69) is 10.6 Å². The van der Waals surface area contributed by atoms with Crippen LogP contribution in [0.2, 0.25) is 5.02 Å². The van der Waals surface area contributed by atoms with Gasteiger partial charge in [-0.1, -0.05) is 23.7 Å². The van der Waals surface area contributed by atoms with Gasteiger partial charge < -0.3 is 20.1 Å². The highest BCUT2D eigenvalue weighted by atomic mass is 35.5. The van der Waals surface area contributed by atoms with E-state index in [0.29, 0.717) is 24.5 Å². The predicted molar refractivity (Wildman–Crippen MR) is 122 cm³/mol. The first-order chi connectivity index (χ1) is 15.8. The molecule has 2 amide bonds. The van der Waals surface area contributed by atoms with E-state index in [1.165, 1.54) is 28.6 Å². The van der Waals surface area contributed by atoms with Crippen LogP contribution in [0, 0.1) is 0 Å². The Labute approximate surface area is 198 Å². The summed E-state index contributed by atoms with van der Waals surface area (Å²) in [6, 6.07) is 13.2. The van der Waals surface area contributed by atoms with Crippen LogP contribution in [0.3, 0.4) is 0 Å². The van der Waals surface area contributed by atoms with Crippen LogP contribution in [0.15, 0.2) is 53.4 Å². The number of ether oxygens (including phenoxy) is 2. The van der Waals surface area contributed by atoms with Crippen LogP contribution in [0.4, 0.5) is 0 Å². The molecule has 1 heterocycles. The molecule has 1 aliphatic heterocycles. The molecule has 2 aromatic rings. The van der Waals surface area contributed by atoms with E-state index < -0.39 is 28.1 Å². The maximum atomic E-state index is 13.0. The average molecular weight is 496 g/mol. The number of carbonyl (C=O) groups is 2. The number of hydrogen-bond donors (Lipinski definition) is 2. The zero-order chi connectivity index (χ0) is 23.8. The Hall–Kier alpha value is -2.66. The fourth-order valence-corrected chi connectivity index (χ4v) is 4.99. The molecule has 1 aliphatic rings. The van der Waals surface area contributed by atoms with Crippen molar-refractivity contribution in [1.82, 2.24) is 14.9 Å². The van der Waals surface area contributed by atoms with Crippen molar-refractivity contribution in [2.75, 3.05) is 33.4 Å². The fraction of sp³-hybridized carbons (Fsp3) is 0.364. The second-order valence-electron chi connectivity index (χ2n) is 7.31. The van der Waals surface area contributed by atoms with Crippen molar-refractivity contribution >= 4 is 33.4 Å². The Morgan fingerprint density at radius 3 is 2.42 bits per heavy atom. The van der Waals surface area contributed by atoms with Crippen LogP contribution in [0.5, 0.6) is 5.75 Å². The molecule has 33 heavy (non-hydrogen) atoms. The van der Waals surface area contributed by atoms with Gasteiger partial charge in [-0.25, -0.2) is 8.42 Å². The fourth-order valence-electron chi connectivity index (χ4n) is 3.30. The average Bonchev–Trinajstić information content (AvgIpc) is 2.83. The van der Waals surface area contributed by atoms with Crippen molar-refractivity contribution in [2.45, 2.75) is 24.0 Å². The summed E-state index contributed by atoms with van der Waals surface area (Å²) in [5.41, 5.74) is 0.982. The Kier molecular flexibility index (Phi) is 8.67. The summed E-state index contributed by atoms with van der Waals surface area (Å²) < 4.78 is 37.9. The van der Waals surface area contributed by atoms with Crippen molar-refractivity contribution in [3.05, 3.63) is 59.1 Å². The monoisotopic (exact) mass is 495 g/mol. The second-order valence-corrected chi connectivity index (χ2v) is 9.64. The molecule has 1 fully saturated rings. The molecule has 0 aliphatic carbocycles. The Balaban J connectivity index is 1.51. The molecule has 1 saturated heterocycles. The molecule has 1 atom stereocenters. The lowest BCUT2D eigenvalue weighted by atomic mass is 10.1. The highest BCUT2D eigenvalue weighted by molar-refractivity contribution is 7.89. The standard InChI is InChI=1S/C22H26ClN3O6S/c1-31-18-7-3-16(4-8-18)11-12-24-21(27)22(28)25-15-20-26(13-2-14-32-20)33(29,30)19-9-5-17(23)6-10-19/h3-10,20H,2,11-15H2,1H3,(H,24,27)(H,25,28)/t20-/m1/s1. The van der Waals surface area contributed by atoms with Crippen LogP contribution in [-0.4, -0.2) is 64.1 Å². The minimum Gasteiger partial charge on any atom is -0.497 e. The number of nitrogens with zero attached hydrogens (tertiary/aromatic N) is 1. The summed E-state index contributed by atoms with van der Waals surface area (Å²) in [6.07, 6.45) is 0.140. The highest BCUT2D eigenvalue weighted by Crippen LogP contribution is 2.23. The lowest BCUT2D eigenvalue weighted by Crippen LogP contribution is -2.53. The van der Waals surface area contributed by atoms with Crippen LogP contribution in [0.25, 0.3) is 0 Å². The molecular weight excluding hydrogens is 470 g/mol. The summed E-state index contributed by atoms with van der Waals surface area (Å²) in [6.45, 7) is 0.702. The first kappa shape index (κ1) is 25.0. The number of amides is 2. The second kappa shape index (κ2) is 11.5. The van der Waals surface area contributed by atoms with Gasteiger partial charge in [-0.15, -0.1) is 0 Å². The predicted octanol–water partition coefficient (Wildman–Crippen LogP) is 1.56. The van der Waals surface area contributed by atoms with Crippen LogP contribution in [-0.2, 0) is 30.8 Å². The molecule has 11 heteroatoms. The van der Waals surface area contributed by atoms with E-state index in [-0.39, 0.29) is 24.5 Å². The smallest absolute Gasteiger partial charge is 0.309 e.